The fourth-order valence-corrected chi connectivity index (χ4v) is 1.98. The molecule has 0 bridgehead atoms. The van der Waals surface area contributed by atoms with Gasteiger partial charge in [0.05, 0.1) is 12.3 Å². The summed E-state index contributed by atoms with van der Waals surface area (Å²) in [4.78, 5) is 16.2. The molecule has 0 amide bonds. The molecule has 0 saturated heterocycles. The first kappa shape index (κ1) is 14.5. The van der Waals surface area contributed by atoms with Gasteiger partial charge in [0.2, 0.25) is 0 Å². The lowest BCUT2D eigenvalue weighted by atomic mass is 10.1. The third-order valence-corrected chi connectivity index (χ3v) is 2.80. The number of aromatic nitrogens is 1. The van der Waals surface area contributed by atoms with Crippen LogP contribution in [0.1, 0.15) is 17.4 Å². The zero-order valence-corrected chi connectivity index (χ0v) is 12.6. The number of carbonyl (C=O) groups excluding carboxylic acids is 1. The molecule has 0 aliphatic heterocycles. The standard InChI is InChI=1S/C15H14BrNO3/c1-2-19-15(18)14-9-12(20-10-16)8-13(17-14)11-6-4-3-5-7-11/h3-9H,2,10H2,1H3. The molecule has 5 heteroatoms. The van der Waals surface area contributed by atoms with E-state index in [9.17, 15) is 4.79 Å². The van der Waals surface area contributed by atoms with E-state index in [1.54, 1.807) is 19.1 Å². The molecule has 0 saturated carbocycles. The van der Waals surface area contributed by atoms with E-state index in [0.717, 1.165) is 5.56 Å². The number of pyridine rings is 1. The molecule has 4 nitrogen and oxygen atoms in total. The fourth-order valence-electron chi connectivity index (χ4n) is 1.72. The van der Waals surface area contributed by atoms with E-state index in [-0.39, 0.29) is 5.69 Å². The highest BCUT2D eigenvalue weighted by atomic mass is 79.9. The first-order chi connectivity index (χ1) is 9.74. The van der Waals surface area contributed by atoms with Gasteiger partial charge in [0.1, 0.15) is 11.3 Å². The molecule has 0 N–H and O–H groups in total. The number of hydrogen-bond acceptors (Lipinski definition) is 4. The number of esters is 1. The minimum atomic E-state index is -0.454. The Morgan fingerprint density at radius 2 is 2.00 bits per heavy atom. The fraction of sp³-hybridized carbons (Fsp3) is 0.200. The van der Waals surface area contributed by atoms with Crippen LogP contribution in [0, 0.1) is 0 Å². The van der Waals surface area contributed by atoms with Gasteiger partial charge in [-0.15, -0.1) is 0 Å². The van der Waals surface area contributed by atoms with Crippen molar-refractivity contribution in [3.8, 4) is 17.0 Å². The van der Waals surface area contributed by atoms with Crippen molar-refractivity contribution in [1.82, 2.24) is 4.98 Å². The van der Waals surface area contributed by atoms with Crippen molar-refractivity contribution in [2.24, 2.45) is 0 Å². The van der Waals surface area contributed by atoms with Gasteiger partial charge in [-0.05, 0) is 22.9 Å². The normalized spacial score (nSPS) is 10.1. The molecule has 0 spiro atoms. The van der Waals surface area contributed by atoms with E-state index >= 15 is 0 Å². The maximum atomic E-state index is 11.8. The van der Waals surface area contributed by atoms with Crippen LogP contribution < -0.4 is 4.74 Å². The van der Waals surface area contributed by atoms with Crippen LogP contribution in [-0.4, -0.2) is 23.1 Å². The van der Waals surface area contributed by atoms with Gasteiger partial charge in [0.15, 0.2) is 5.69 Å². The van der Waals surface area contributed by atoms with E-state index in [4.69, 9.17) is 9.47 Å². The van der Waals surface area contributed by atoms with E-state index in [1.807, 2.05) is 30.3 Å². The number of benzene rings is 1. The van der Waals surface area contributed by atoms with Crippen LogP contribution in [0.3, 0.4) is 0 Å². The summed E-state index contributed by atoms with van der Waals surface area (Å²) in [6, 6.07) is 13.0. The Morgan fingerprint density at radius 1 is 1.25 bits per heavy atom. The third-order valence-electron chi connectivity index (χ3n) is 2.57. The minimum Gasteiger partial charge on any atom is -0.482 e. The Bertz CT molecular complexity index is 587. The molecule has 0 atom stereocenters. The molecule has 1 aromatic heterocycles. The molecule has 20 heavy (non-hydrogen) atoms. The smallest absolute Gasteiger partial charge is 0.357 e. The predicted molar refractivity (Wildman–Crippen MR) is 80.1 cm³/mol. The molecule has 0 unspecified atom stereocenters. The van der Waals surface area contributed by atoms with E-state index in [2.05, 4.69) is 20.9 Å². The summed E-state index contributed by atoms with van der Waals surface area (Å²) in [5.41, 5.74) is 2.17. The topological polar surface area (TPSA) is 48.4 Å². The van der Waals surface area contributed by atoms with Gasteiger partial charge in [-0.1, -0.05) is 30.3 Å². The average Bonchev–Trinajstić information content (AvgIpc) is 2.48. The van der Waals surface area contributed by atoms with Gasteiger partial charge in [0.25, 0.3) is 0 Å². The Morgan fingerprint density at radius 3 is 2.65 bits per heavy atom. The Hall–Kier alpha value is -1.88. The molecule has 2 rings (SSSR count). The zero-order chi connectivity index (χ0) is 14.4. The summed E-state index contributed by atoms with van der Waals surface area (Å²) in [5, 5.41) is 0. The second-order valence-electron chi connectivity index (χ2n) is 3.91. The summed E-state index contributed by atoms with van der Waals surface area (Å²) < 4.78 is 10.4. The van der Waals surface area contributed by atoms with Crippen molar-refractivity contribution in [1.29, 1.82) is 0 Å². The van der Waals surface area contributed by atoms with Crippen LogP contribution >= 0.6 is 15.9 Å². The maximum Gasteiger partial charge on any atom is 0.357 e. The van der Waals surface area contributed by atoms with Crippen LogP contribution in [0.15, 0.2) is 42.5 Å². The SMILES string of the molecule is CCOC(=O)c1cc(OCBr)cc(-c2ccccc2)n1. The largest absolute Gasteiger partial charge is 0.482 e. The Balaban J connectivity index is 2.43. The Labute approximate surface area is 125 Å². The van der Waals surface area contributed by atoms with Gasteiger partial charge < -0.3 is 9.47 Å². The number of hydrogen-bond donors (Lipinski definition) is 0. The average molecular weight is 336 g/mol. The van der Waals surface area contributed by atoms with Crippen molar-refractivity contribution in [3.05, 3.63) is 48.2 Å². The van der Waals surface area contributed by atoms with E-state index in [0.29, 0.717) is 23.6 Å². The third kappa shape index (κ3) is 3.57. The second-order valence-corrected chi connectivity index (χ2v) is 4.37. The summed E-state index contributed by atoms with van der Waals surface area (Å²) in [6.45, 7) is 2.07. The summed E-state index contributed by atoms with van der Waals surface area (Å²) in [6.07, 6.45) is 0. The lowest BCUT2D eigenvalue weighted by Crippen LogP contribution is -2.08. The highest BCUT2D eigenvalue weighted by Crippen LogP contribution is 2.23. The van der Waals surface area contributed by atoms with Crippen LogP contribution in [0.5, 0.6) is 5.75 Å². The summed E-state index contributed by atoms with van der Waals surface area (Å²) in [5.74, 6) is 0.114. The van der Waals surface area contributed by atoms with Crippen LogP contribution in [-0.2, 0) is 4.74 Å². The highest BCUT2D eigenvalue weighted by molar-refractivity contribution is 9.09. The number of rotatable bonds is 5. The highest BCUT2D eigenvalue weighted by Gasteiger charge is 2.13. The number of halogens is 1. The van der Waals surface area contributed by atoms with Crippen molar-refractivity contribution in [2.45, 2.75) is 6.92 Å². The number of ether oxygens (including phenoxy) is 2. The molecule has 0 aliphatic rings. The molecule has 0 fully saturated rings. The lowest BCUT2D eigenvalue weighted by Gasteiger charge is -2.09. The molecular weight excluding hydrogens is 322 g/mol. The molecule has 1 heterocycles. The van der Waals surface area contributed by atoms with Gasteiger partial charge in [-0.3, -0.25) is 0 Å². The van der Waals surface area contributed by atoms with Gasteiger partial charge in [0, 0.05) is 17.7 Å². The molecule has 104 valence electrons. The zero-order valence-electron chi connectivity index (χ0n) is 11.0. The summed E-state index contributed by atoms with van der Waals surface area (Å²) in [7, 11) is 0. The first-order valence-corrected chi connectivity index (χ1v) is 7.30. The van der Waals surface area contributed by atoms with Gasteiger partial charge in [-0.25, -0.2) is 9.78 Å². The van der Waals surface area contributed by atoms with Crippen molar-refractivity contribution >= 4 is 21.9 Å². The monoisotopic (exact) mass is 335 g/mol. The van der Waals surface area contributed by atoms with Crippen molar-refractivity contribution < 1.29 is 14.3 Å². The van der Waals surface area contributed by atoms with Gasteiger partial charge >= 0.3 is 5.97 Å². The first-order valence-electron chi connectivity index (χ1n) is 6.18. The van der Waals surface area contributed by atoms with Crippen LogP contribution in [0.25, 0.3) is 11.3 Å². The molecular formula is C15H14BrNO3. The Kier molecular flexibility index (Phi) is 5.12. The predicted octanol–water partition coefficient (Wildman–Crippen LogP) is 3.66. The molecule has 2 aromatic rings. The van der Waals surface area contributed by atoms with E-state index < -0.39 is 5.97 Å². The number of alkyl halides is 1. The quantitative estimate of drug-likeness (QED) is 0.618. The number of nitrogens with zero attached hydrogens (tertiary/aromatic N) is 1. The molecule has 0 aliphatic carbocycles. The second kappa shape index (κ2) is 7.05. The molecule has 0 radical (unpaired) electrons. The minimum absolute atomic E-state index is 0.240. The van der Waals surface area contributed by atoms with E-state index in [1.165, 1.54) is 0 Å². The maximum absolute atomic E-state index is 11.8. The van der Waals surface area contributed by atoms with Crippen molar-refractivity contribution in [3.63, 3.8) is 0 Å². The lowest BCUT2D eigenvalue weighted by molar-refractivity contribution is 0.0519. The van der Waals surface area contributed by atoms with Crippen LogP contribution in [0.2, 0.25) is 0 Å². The summed E-state index contributed by atoms with van der Waals surface area (Å²) >= 11 is 3.20. The molecule has 1 aromatic carbocycles. The number of carbonyl (C=O) groups is 1. The van der Waals surface area contributed by atoms with Crippen LogP contribution in [0.4, 0.5) is 0 Å². The van der Waals surface area contributed by atoms with Gasteiger partial charge in [-0.2, -0.15) is 0 Å². The van der Waals surface area contributed by atoms with Crippen molar-refractivity contribution in [2.75, 3.05) is 12.1 Å².